The minimum Gasteiger partial charge on any atom is -0.305 e. The Morgan fingerprint density at radius 1 is 1.35 bits per heavy atom. The topological polar surface area (TPSA) is 35.8 Å². The maximum atomic E-state index is 13.3. The van der Waals surface area contributed by atoms with Crippen LogP contribution in [0.2, 0.25) is 0 Å². The largest absolute Gasteiger partial charge is 0.305 e. The van der Waals surface area contributed by atoms with Gasteiger partial charge in [0.2, 0.25) is 0 Å². The van der Waals surface area contributed by atoms with Gasteiger partial charge in [-0.05, 0) is 41.1 Å². The van der Waals surface area contributed by atoms with E-state index in [-0.39, 0.29) is 11.9 Å². The van der Waals surface area contributed by atoms with E-state index in [4.69, 9.17) is 5.26 Å². The fourth-order valence-corrected chi connectivity index (χ4v) is 3.14. The third kappa shape index (κ3) is 3.44. The van der Waals surface area contributed by atoms with E-state index >= 15 is 0 Å². The van der Waals surface area contributed by atoms with Crippen LogP contribution >= 0.6 is 11.3 Å². The Hall–Kier alpha value is -1.70. The summed E-state index contributed by atoms with van der Waals surface area (Å²) in [5.41, 5.74) is 1.22. The van der Waals surface area contributed by atoms with Crippen molar-refractivity contribution in [2.75, 3.05) is 0 Å². The minimum absolute atomic E-state index is 0.213. The van der Waals surface area contributed by atoms with E-state index in [1.807, 2.05) is 6.07 Å². The molecule has 0 amide bonds. The van der Waals surface area contributed by atoms with E-state index in [0.717, 1.165) is 0 Å². The molecule has 0 aliphatic carbocycles. The molecule has 104 valence electrons. The van der Waals surface area contributed by atoms with E-state index in [0.29, 0.717) is 23.6 Å². The van der Waals surface area contributed by atoms with E-state index in [2.05, 4.69) is 36.7 Å². The summed E-state index contributed by atoms with van der Waals surface area (Å²) in [6.45, 7) is 4.78. The lowest BCUT2D eigenvalue weighted by atomic mass is 10.0. The van der Waals surface area contributed by atoms with Crippen molar-refractivity contribution in [1.82, 2.24) is 5.32 Å². The van der Waals surface area contributed by atoms with Gasteiger partial charge in [-0.3, -0.25) is 0 Å². The Morgan fingerprint density at radius 3 is 2.75 bits per heavy atom. The summed E-state index contributed by atoms with van der Waals surface area (Å²) < 4.78 is 13.3. The molecule has 4 heteroatoms. The third-order valence-corrected chi connectivity index (χ3v) is 4.17. The van der Waals surface area contributed by atoms with Crippen molar-refractivity contribution in [2.45, 2.75) is 26.4 Å². The Labute approximate surface area is 122 Å². The summed E-state index contributed by atoms with van der Waals surface area (Å²) >= 11 is 1.71. The third-order valence-electron chi connectivity index (χ3n) is 3.22. The predicted molar refractivity (Wildman–Crippen MR) is 79.9 cm³/mol. The van der Waals surface area contributed by atoms with Crippen LogP contribution in [0, 0.1) is 23.1 Å². The molecule has 0 fully saturated rings. The Kier molecular flexibility index (Phi) is 4.89. The number of thiophene rings is 1. The molecule has 1 N–H and O–H groups in total. The normalized spacial score (nSPS) is 12.3. The lowest BCUT2D eigenvalue weighted by Gasteiger charge is -2.21. The fraction of sp³-hybridized carbons (Fsp3) is 0.312. The first kappa shape index (κ1) is 14.7. The van der Waals surface area contributed by atoms with E-state index in [9.17, 15) is 4.39 Å². The Morgan fingerprint density at radius 2 is 2.15 bits per heavy atom. The van der Waals surface area contributed by atoms with Crippen LogP contribution in [0.5, 0.6) is 0 Å². The Balaban J connectivity index is 2.14. The highest BCUT2D eigenvalue weighted by molar-refractivity contribution is 7.10. The molecule has 1 aromatic heterocycles. The Bertz CT molecular complexity index is 599. The van der Waals surface area contributed by atoms with Gasteiger partial charge in [0.05, 0.1) is 11.6 Å². The highest BCUT2D eigenvalue weighted by atomic mass is 32.1. The zero-order chi connectivity index (χ0) is 14.5. The molecule has 1 atom stereocenters. The van der Waals surface area contributed by atoms with Gasteiger partial charge in [-0.1, -0.05) is 19.9 Å². The molecule has 1 unspecified atom stereocenters. The number of nitriles is 1. The molecular formula is C16H17FN2S. The van der Waals surface area contributed by atoms with Crippen molar-refractivity contribution >= 4 is 11.3 Å². The maximum absolute atomic E-state index is 13.3. The van der Waals surface area contributed by atoms with Crippen LogP contribution in [0.4, 0.5) is 4.39 Å². The smallest absolute Gasteiger partial charge is 0.123 e. The second kappa shape index (κ2) is 6.65. The van der Waals surface area contributed by atoms with Crippen molar-refractivity contribution in [3.63, 3.8) is 0 Å². The van der Waals surface area contributed by atoms with Crippen molar-refractivity contribution in [3.05, 3.63) is 57.5 Å². The van der Waals surface area contributed by atoms with Crippen molar-refractivity contribution < 1.29 is 4.39 Å². The zero-order valence-electron chi connectivity index (χ0n) is 11.6. The maximum Gasteiger partial charge on any atom is 0.123 e. The predicted octanol–water partition coefficient (Wildman–Crippen LogP) is 4.25. The number of hydrogen-bond acceptors (Lipinski definition) is 3. The van der Waals surface area contributed by atoms with Gasteiger partial charge in [0, 0.05) is 17.5 Å². The monoisotopic (exact) mass is 288 g/mol. The van der Waals surface area contributed by atoms with Gasteiger partial charge in [-0.15, -0.1) is 11.3 Å². The summed E-state index contributed by atoms with van der Waals surface area (Å²) in [5.74, 6) is 0.116. The second-order valence-electron chi connectivity index (χ2n) is 5.03. The SMILES string of the molecule is CC(C)C(NCc1cc(F)ccc1C#N)c1cccs1. The number of benzene rings is 1. The molecule has 0 saturated heterocycles. The summed E-state index contributed by atoms with van der Waals surface area (Å²) in [6.07, 6.45) is 0. The number of nitrogens with one attached hydrogen (secondary N) is 1. The van der Waals surface area contributed by atoms with Crippen LogP contribution in [0.25, 0.3) is 0 Å². The van der Waals surface area contributed by atoms with Crippen LogP contribution in [0.1, 0.15) is 35.9 Å². The highest BCUT2D eigenvalue weighted by Crippen LogP contribution is 2.26. The standard InChI is InChI=1S/C16H17FN2S/c1-11(2)16(15-4-3-7-20-15)19-10-13-8-14(17)6-5-12(13)9-18/h3-8,11,16,19H,10H2,1-2H3. The number of nitrogens with zero attached hydrogens (tertiary/aromatic N) is 1. The minimum atomic E-state index is -0.307. The van der Waals surface area contributed by atoms with Gasteiger partial charge < -0.3 is 5.32 Å². The molecule has 20 heavy (non-hydrogen) atoms. The lowest BCUT2D eigenvalue weighted by Crippen LogP contribution is -2.25. The molecule has 0 aliphatic rings. The summed E-state index contributed by atoms with van der Waals surface area (Å²) in [7, 11) is 0. The quantitative estimate of drug-likeness (QED) is 0.893. The summed E-state index contributed by atoms with van der Waals surface area (Å²) in [6, 6.07) is 10.7. The van der Waals surface area contributed by atoms with Gasteiger partial charge in [0.25, 0.3) is 0 Å². The van der Waals surface area contributed by atoms with Crippen molar-refractivity contribution in [2.24, 2.45) is 5.92 Å². The van der Waals surface area contributed by atoms with Gasteiger partial charge in [-0.2, -0.15) is 5.26 Å². The molecule has 0 spiro atoms. The second-order valence-corrected chi connectivity index (χ2v) is 6.01. The molecular weight excluding hydrogens is 271 g/mol. The molecule has 0 aliphatic heterocycles. The molecule has 2 rings (SSSR count). The zero-order valence-corrected chi connectivity index (χ0v) is 12.4. The van der Waals surface area contributed by atoms with E-state index in [1.165, 1.54) is 23.1 Å². The van der Waals surface area contributed by atoms with Crippen LogP contribution in [0.15, 0.2) is 35.7 Å². The number of halogens is 1. The molecule has 2 aromatic rings. The van der Waals surface area contributed by atoms with Crippen LogP contribution < -0.4 is 5.32 Å². The highest BCUT2D eigenvalue weighted by Gasteiger charge is 2.16. The molecule has 0 radical (unpaired) electrons. The van der Waals surface area contributed by atoms with Crippen LogP contribution in [-0.4, -0.2) is 0 Å². The van der Waals surface area contributed by atoms with Crippen LogP contribution in [-0.2, 0) is 6.54 Å². The molecule has 2 nitrogen and oxygen atoms in total. The molecule has 0 saturated carbocycles. The molecule has 1 heterocycles. The summed E-state index contributed by atoms with van der Waals surface area (Å²) in [4.78, 5) is 1.26. The average Bonchev–Trinajstić information content (AvgIpc) is 2.92. The van der Waals surface area contributed by atoms with Gasteiger partial charge in [0.15, 0.2) is 0 Å². The first-order chi connectivity index (χ1) is 9.61. The first-order valence-corrected chi connectivity index (χ1v) is 7.45. The van der Waals surface area contributed by atoms with Crippen molar-refractivity contribution in [1.29, 1.82) is 5.26 Å². The van der Waals surface area contributed by atoms with Gasteiger partial charge >= 0.3 is 0 Å². The molecule has 0 bridgehead atoms. The molecule has 1 aromatic carbocycles. The van der Waals surface area contributed by atoms with Crippen molar-refractivity contribution in [3.8, 4) is 6.07 Å². The van der Waals surface area contributed by atoms with Gasteiger partial charge in [0.1, 0.15) is 5.82 Å². The fourth-order valence-electron chi connectivity index (χ4n) is 2.17. The van der Waals surface area contributed by atoms with E-state index in [1.54, 1.807) is 11.3 Å². The summed E-state index contributed by atoms with van der Waals surface area (Å²) in [5, 5.41) is 14.6. The lowest BCUT2D eigenvalue weighted by molar-refractivity contribution is 0.416. The van der Waals surface area contributed by atoms with Crippen LogP contribution in [0.3, 0.4) is 0 Å². The first-order valence-electron chi connectivity index (χ1n) is 6.57. The van der Waals surface area contributed by atoms with Gasteiger partial charge in [-0.25, -0.2) is 4.39 Å². The average molecular weight is 288 g/mol. The van der Waals surface area contributed by atoms with E-state index < -0.39 is 0 Å². The number of rotatable bonds is 5. The number of hydrogen-bond donors (Lipinski definition) is 1.